The van der Waals surface area contributed by atoms with Crippen LogP contribution in [0, 0.1) is 0 Å². The molecular weight excluding hydrogens is 503 g/mol. The summed E-state index contributed by atoms with van der Waals surface area (Å²) in [5.74, 6) is 1.33. The van der Waals surface area contributed by atoms with E-state index in [0.29, 0.717) is 89.2 Å². The van der Waals surface area contributed by atoms with Gasteiger partial charge in [0.2, 0.25) is 0 Å². The van der Waals surface area contributed by atoms with Crippen molar-refractivity contribution in [3.63, 3.8) is 0 Å². The van der Waals surface area contributed by atoms with E-state index < -0.39 is 7.82 Å². The van der Waals surface area contributed by atoms with Crippen molar-refractivity contribution in [3.05, 3.63) is 69.8 Å². The molecule has 0 aliphatic carbocycles. The molecule has 8 heteroatoms. The lowest BCUT2D eigenvalue weighted by Crippen LogP contribution is -2.12. The maximum absolute atomic E-state index is 14.5. The summed E-state index contributed by atoms with van der Waals surface area (Å²) < 4.78 is 32.9. The van der Waals surface area contributed by atoms with Crippen LogP contribution in [0.4, 0.5) is 0 Å². The van der Waals surface area contributed by atoms with Crippen molar-refractivity contribution in [3.8, 4) is 34.5 Å². The molecule has 7 nitrogen and oxygen atoms in total. The van der Waals surface area contributed by atoms with E-state index in [9.17, 15) is 19.9 Å². The fourth-order valence-electron chi connectivity index (χ4n) is 5.00. The number of benzene rings is 3. The lowest BCUT2D eigenvalue weighted by molar-refractivity contribution is 0.294. The third-order valence-electron chi connectivity index (χ3n) is 6.84. The standard InChI is InChI=1S/C30H39O7P/c1-7-19-22(10-4)28(16-13-25(19)31)35-38(34,36-29-17-14-26(32)20(8-2)23(29)11-5)37-30-18-15-27(33)21(9-3)24(30)12-6/h13-18,31-33H,7-12H2,1-6H3. The number of rotatable bonds is 12. The number of phenolic OH excluding ortho intramolecular Hbond substituents is 3. The van der Waals surface area contributed by atoms with Crippen molar-refractivity contribution in [2.75, 3.05) is 0 Å². The Balaban J connectivity index is 2.19. The third kappa shape index (κ3) is 5.88. The molecule has 0 bridgehead atoms. The Bertz CT molecular complexity index is 1170. The fourth-order valence-corrected chi connectivity index (χ4v) is 6.35. The van der Waals surface area contributed by atoms with E-state index >= 15 is 0 Å². The second-order valence-corrected chi connectivity index (χ2v) is 10.4. The second-order valence-electron chi connectivity index (χ2n) is 8.96. The molecule has 0 radical (unpaired) electrons. The Morgan fingerprint density at radius 3 is 0.921 bits per heavy atom. The highest BCUT2D eigenvalue weighted by Crippen LogP contribution is 2.53. The van der Waals surface area contributed by atoms with Crippen LogP contribution in [0.3, 0.4) is 0 Å². The van der Waals surface area contributed by atoms with Gasteiger partial charge < -0.3 is 28.9 Å². The van der Waals surface area contributed by atoms with Gasteiger partial charge in [-0.15, -0.1) is 0 Å². The molecule has 3 aromatic carbocycles. The number of phenols is 3. The van der Waals surface area contributed by atoms with Gasteiger partial charge in [0.15, 0.2) is 0 Å². The molecule has 0 fully saturated rings. The second kappa shape index (κ2) is 12.5. The van der Waals surface area contributed by atoms with Crippen LogP contribution in [0.1, 0.15) is 74.9 Å². The summed E-state index contributed by atoms with van der Waals surface area (Å²) in [6, 6.07) is 9.23. The van der Waals surface area contributed by atoms with Crippen LogP contribution in [-0.2, 0) is 43.1 Å². The van der Waals surface area contributed by atoms with Crippen LogP contribution >= 0.6 is 7.82 Å². The molecule has 0 amide bonds. The molecule has 0 saturated heterocycles. The molecule has 0 aliphatic heterocycles. The van der Waals surface area contributed by atoms with Crippen molar-refractivity contribution in [2.45, 2.75) is 80.1 Å². The number of phosphoric ester groups is 1. The van der Waals surface area contributed by atoms with Gasteiger partial charge in [-0.25, -0.2) is 0 Å². The Morgan fingerprint density at radius 1 is 0.474 bits per heavy atom. The van der Waals surface area contributed by atoms with E-state index in [4.69, 9.17) is 13.6 Å². The van der Waals surface area contributed by atoms with E-state index in [2.05, 4.69) is 0 Å². The van der Waals surface area contributed by atoms with Crippen LogP contribution in [0.15, 0.2) is 36.4 Å². The summed E-state index contributed by atoms with van der Waals surface area (Å²) in [5, 5.41) is 31.2. The smallest absolute Gasteiger partial charge is 0.508 e. The summed E-state index contributed by atoms with van der Waals surface area (Å²) in [4.78, 5) is 0. The zero-order chi connectivity index (χ0) is 28.0. The first-order chi connectivity index (χ1) is 18.2. The van der Waals surface area contributed by atoms with E-state index in [1.165, 1.54) is 18.2 Å². The first kappa shape index (κ1) is 29.2. The topological polar surface area (TPSA) is 105 Å². The maximum Gasteiger partial charge on any atom is 0.647 e. The fraction of sp³-hybridized carbons (Fsp3) is 0.400. The highest BCUT2D eigenvalue weighted by atomic mass is 31.2. The van der Waals surface area contributed by atoms with Gasteiger partial charge in [0.05, 0.1) is 0 Å². The van der Waals surface area contributed by atoms with Gasteiger partial charge in [-0.2, -0.15) is 4.57 Å². The number of aromatic hydroxyl groups is 3. The lowest BCUT2D eigenvalue weighted by Gasteiger charge is -2.25. The molecule has 3 rings (SSSR count). The molecule has 0 saturated carbocycles. The van der Waals surface area contributed by atoms with Gasteiger partial charge in [0.1, 0.15) is 34.5 Å². The predicted octanol–water partition coefficient (Wildman–Crippen LogP) is 7.82. The molecule has 206 valence electrons. The average molecular weight is 543 g/mol. The van der Waals surface area contributed by atoms with Crippen LogP contribution in [0.5, 0.6) is 34.5 Å². The molecule has 3 aromatic rings. The summed E-state index contributed by atoms with van der Waals surface area (Å²) in [7, 11) is -4.39. The van der Waals surface area contributed by atoms with Crippen molar-refractivity contribution in [2.24, 2.45) is 0 Å². The molecule has 38 heavy (non-hydrogen) atoms. The average Bonchev–Trinajstić information content (AvgIpc) is 2.90. The molecule has 3 N–H and O–H groups in total. The van der Waals surface area contributed by atoms with Crippen molar-refractivity contribution in [1.82, 2.24) is 0 Å². The zero-order valence-corrected chi connectivity index (χ0v) is 24.0. The van der Waals surface area contributed by atoms with Crippen molar-refractivity contribution >= 4 is 7.82 Å². The van der Waals surface area contributed by atoms with Crippen LogP contribution < -0.4 is 13.6 Å². The zero-order valence-electron chi connectivity index (χ0n) is 23.1. The predicted molar refractivity (Wildman–Crippen MR) is 150 cm³/mol. The van der Waals surface area contributed by atoms with Crippen LogP contribution in [0.2, 0.25) is 0 Å². The highest BCUT2D eigenvalue weighted by Gasteiger charge is 2.36. The van der Waals surface area contributed by atoms with Gasteiger partial charge >= 0.3 is 7.82 Å². The Kier molecular flexibility index (Phi) is 9.61. The van der Waals surface area contributed by atoms with E-state index in [-0.39, 0.29) is 17.2 Å². The Hall–Kier alpha value is -3.31. The van der Waals surface area contributed by atoms with E-state index in [1.807, 2.05) is 41.5 Å². The summed E-state index contributed by atoms with van der Waals surface area (Å²) in [5.41, 5.74) is 4.26. The number of hydrogen-bond acceptors (Lipinski definition) is 7. The first-order valence-electron chi connectivity index (χ1n) is 13.4. The normalized spacial score (nSPS) is 11.4. The van der Waals surface area contributed by atoms with Gasteiger partial charge in [-0.1, -0.05) is 41.5 Å². The van der Waals surface area contributed by atoms with Gasteiger partial charge in [-0.3, -0.25) is 0 Å². The molecule has 0 unspecified atom stereocenters. The minimum absolute atomic E-state index is 0.146. The van der Waals surface area contributed by atoms with Crippen LogP contribution in [0.25, 0.3) is 0 Å². The Labute approximate surface area is 225 Å². The van der Waals surface area contributed by atoms with Crippen LogP contribution in [-0.4, -0.2) is 15.3 Å². The molecule has 0 spiro atoms. The lowest BCUT2D eigenvalue weighted by atomic mass is 10.0. The number of hydrogen-bond donors (Lipinski definition) is 3. The summed E-state index contributed by atoms with van der Waals surface area (Å²) in [6.45, 7) is 11.6. The van der Waals surface area contributed by atoms with Crippen molar-refractivity contribution in [1.29, 1.82) is 0 Å². The first-order valence-corrected chi connectivity index (χ1v) is 14.8. The highest BCUT2D eigenvalue weighted by molar-refractivity contribution is 7.49. The largest absolute Gasteiger partial charge is 0.647 e. The van der Waals surface area contributed by atoms with Gasteiger partial charge in [0, 0.05) is 33.4 Å². The number of phosphoric acid groups is 1. The monoisotopic (exact) mass is 542 g/mol. The molecule has 0 aromatic heterocycles. The van der Waals surface area contributed by atoms with Gasteiger partial charge in [0.25, 0.3) is 0 Å². The molecular formula is C30H39O7P. The Morgan fingerprint density at radius 2 is 0.711 bits per heavy atom. The summed E-state index contributed by atoms with van der Waals surface area (Å²) >= 11 is 0. The molecule has 0 heterocycles. The SMILES string of the molecule is CCc1c(O)ccc(OP(=O)(Oc2ccc(O)c(CC)c2CC)Oc2ccc(O)c(CC)c2CC)c1CC. The van der Waals surface area contributed by atoms with E-state index in [0.717, 1.165) is 0 Å². The third-order valence-corrected chi connectivity index (χ3v) is 8.10. The van der Waals surface area contributed by atoms with E-state index in [1.54, 1.807) is 18.2 Å². The molecule has 0 aliphatic rings. The molecule has 0 atom stereocenters. The minimum Gasteiger partial charge on any atom is -0.508 e. The quantitative estimate of drug-likeness (QED) is 0.200. The van der Waals surface area contributed by atoms with Crippen molar-refractivity contribution < 1.29 is 33.5 Å². The maximum atomic E-state index is 14.5. The van der Waals surface area contributed by atoms with Gasteiger partial charge in [-0.05, 0) is 74.9 Å². The summed E-state index contributed by atoms with van der Waals surface area (Å²) in [6.07, 6.45) is 3.29. The minimum atomic E-state index is -4.39.